The fraction of sp³-hybridized carbons (Fsp3) is 0.412. The highest BCUT2D eigenvalue weighted by molar-refractivity contribution is 7.09. The molecule has 1 aromatic heterocycles. The summed E-state index contributed by atoms with van der Waals surface area (Å²) in [5.41, 5.74) is 1.09. The lowest BCUT2D eigenvalue weighted by Gasteiger charge is -2.20. The van der Waals surface area contributed by atoms with Crippen molar-refractivity contribution in [2.24, 2.45) is 0 Å². The second kappa shape index (κ2) is 8.05. The van der Waals surface area contributed by atoms with Gasteiger partial charge in [0.05, 0.1) is 19.3 Å². The summed E-state index contributed by atoms with van der Waals surface area (Å²) >= 11 is 1.77. The minimum absolute atomic E-state index is 0.197. The summed E-state index contributed by atoms with van der Waals surface area (Å²) in [6, 6.07) is 10.4. The van der Waals surface area contributed by atoms with Crippen molar-refractivity contribution in [2.45, 2.75) is 26.3 Å². The Morgan fingerprint density at radius 1 is 1.19 bits per heavy atom. The molecule has 1 unspecified atom stereocenters. The summed E-state index contributed by atoms with van der Waals surface area (Å²) < 4.78 is 11.5. The first-order chi connectivity index (χ1) is 10.3. The molecule has 0 aliphatic carbocycles. The number of thiophene rings is 1. The summed E-state index contributed by atoms with van der Waals surface area (Å²) in [4.78, 5) is 1.35. The van der Waals surface area contributed by atoms with Gasteiger partial charge in [-0.3, -0.25) is 0 Å². The largest absolute Gasteiger partial charge is 0.496 e. The molecule has 114 valence electrons. The van der Waals surface area contributed by atoms with Crippen LogP contribution in [0.15, 0.2) is 35.7 Å². The molecule has 0 saturated heterocycles. The van der Waals surface area contributed by atoms with E-state index < -0.39 is 0 Å². The van der Waals surface area contributed by atoms with E-state index in [9.17, 15) is 0 Å². The maximum Gasteiger partial charge on any atom is 0.127 e. The van der Waals surface area contributed by atoms with E-state index in [1.165, 1.54) is 4.88 Å². The highest BCUT2D eigenvalue weighted by atomic mass is 32.1. The van der Waals surface area contributed by atoms with Gasteiger partial charge in [0.25, 0.3) is 0 Å². The van der Waals surface area contributed by atoms with Crippen LogP contribution in [0.25, 0.3) is 0 Å². The number of methoxy groups -OCH3 is 1. The zero-order chi connectivity index (χ0) is 15.1. The first-order valence-electron chi connectivity index (χ1n) is 7.31. The van der Waals surface area contributed by atoms with Gasteiger partial charge in [0.1, 0.15) is 11.5 Å². The smallest absolute Gasteiger partial charge is 0.127 e. The molecule has 0 aliphatic rings. The predicted octanol–water partition coefficient (Wildman–Crippen LogP) is 4.05. The van der Waals surface area contributed by atoms with Gasteiger partial charge in [0.15, 0.2) is 0 Å². The Morgan fingerprint density at radius 2 is 2.00 bits per heavy atom. The normalized spacial score (nSPS) is 12.1. The molecule has 0 aliphatic heterocycles. The highest BCUT2D eigenvalue weighted by Crippen LogP contribution is 2.34. The van der Waals surface area contributed by atoms with E-state index in [2.05, 4.69) is 36.7 Å². The number of nitrogens with one attached hydrogen (secondary N) is 1. The molecule has 0 saturated carbocycles. The molecule has 0 bridgehead atoms. The zero-order valence-corrected chi connectivity index (χ0v) is 13.7. The van der Waals surface area contributed by atoms with Gasteiger partial charge < -0.3 is 14.8 Å². The van der Waals surface area contributed by atoms with Crippen LogP contribution in [0, 0.1) is 0 Å². The van der Waals surface area contributed by atoms with Gasteiger partial charge >= 0.3 is 0 Å². The Bertz CT molecular complexity index is 540. The van der Waals surface area contributed by atoms with Crippen molar-refractivity contribution < 1.29 is 9.47 Å². The standard InChI is InChI=1S/C17H23NO2S/c1-4-18-13(2)17-15(19-3)8-5-9-16(17)20-11-10-14-7-6-12-21-14/h5-9,12-13,18H,4,10-11H2,1-3H3. The third kappa shape index (κ3) is 4.22. The monoisotopic (exact) mass is 305 g/mol. The van der Waals surface area contributed by atoms with E-state index in [1.54, 1.807) is 18.4 Å². The minimum Gasteiger partial charge on any atom is -0.496 e. The summed E-state index contributed by atoms with van der Waals surface area (Å²) in [5, 5.41) is 5.52. The van der Waals surface area contributed by atoms with Crippen LogP contribution in [0.2, 0.25) is 0 Å². The number of benzene rings is 1. The van der Waals surface area contributed by atoms with Gasteiger partial charge in [-0.15, -0.1) is 11.3 Å². The Morgan fingerprint density at radius 3 is 2.67 bits per heavy atom. The third-order valence-electron chi connectivity index (χ3n) is 3.38. The van der Waals surface area contributed by atoms with Gasteiger partial charge in [-0.05, 0) is 37.0 Å². The van der Waals surface area contributed by atoms with Gasteiger partial charge in [-0.25, -0.2) is 0 Å². The van der Waals surface area contributed by atoms with Crippen LogP contribution in [-0.2, 0) is 6.42 Å². The highest BCUT2D eigenvalue weighted by Gasteiger charge is 2.16. The topological polar surface area (TPSA) is 30.5 Å². The molecule has 0 amide bonds. The lowest BCUT2D eigenvalue weighted by atomic mass is 10.1. The average molecular weight is 305 g/mol. The first-order valence-corrected chi connectivity index (χ1v) is 8.19. The molecule has 2 aromatic rings. The van der Waals surface area contributed by atoms with Gasteiger partial charge in [0.2, 0.25) is 0 Å². The predicted molar refractivity (Wildman–Crippen MR) is 88.6 cm³/mol. The van der Waals surface area contributed by atoms with E-state index in [0.29, 0.717) is 6.61 Å². The molecule has 1 N–H and O–H groups in total. The fourth-order valence-corrected chi connectivity index (χ4v) is 3.07. The van der Waals surface area contributed by atoms with Crippen molar-refractivity contribution in [2.75, 3.05) is 20.3 Å². The van der Waals surface area contributed by atoms with E-state index in [4.69, 9.17) is 9.47 Å². The van der Waals surface area contributed by atoms with Crippen LogP contribution in [-0.4, -0.2) is 20.3 Å². The summed E-state index contributed by atoms with van der Waals surface area (Å²) in [5.74, 6) is 1.77. The van der Waals surface area contributed by atoms with Crippen molar-refractivity contribution in [1.82, 2.24) is 5.32 Å². The summed E-state index contributed by atoms with van der Waals surface area (Å²) in [6.07, 6.45) is 0.934. The molecule has 0 radical (unpaired) electrons. The summed E-state index contributed by atoms with van der Waals surface area (Å²) in [6.45, 7) is 5.82. The summed E-state index contributed by atoms with van der Waals surface area (Å²) in [7, 11) is 1.70. The number of hydrogen-bond donors (Lipinski definition) is 1. The molecule has 4 heteroatoms. The number of hydrogen-bond acceptors (Lipinski definition) is 4. The van der Waals surface area contributed by atoms with Crippen molar-refractivity contribution in [3.05, 3.63) is 46.2 Å². The molecule has 0 spiro atoms. The van der Waals surface area contributed by atoms with Crippen molar-refractivity contribution in [3.8, 4) is 11.5 Å². The lowest BCUT2D eigenvalue weighted by Crippen LogP contribution is -2.19. The Hall–Kier alpha value is -1.52. The van der Waals surface area contributed by atoms with Crippen LogP contribution in [0.4, 0.5) is 0 Å². The first kappa shape index (κ1) is 15.9. The molecule has 0 fully saturated rings. The molecular formula is C17H23NO2S. The second-order valence-electron chi connectivity index (χ2n) is 4.83. The molecular weight excluding hydrogens is 282 g/mol. The van der Waals surface area contributed by atoms with Gasteiger partial charge in [0, 0.05) is 17.3 Å². The maximum absolute atomic E-state index is 6.01. The van der Waals surface area contributed by atoms with Crippen molar-refractivity contribution in [3.63, 3.8) is 0 Å². The van der Waals surface area contributed by atoms with E-state index in [0.717, 1.165) is 30.0 Å². The van der Waals surface area contributed by atoms with Crippen LogP contribution >= 0.6 is 11.3 Å². The average Bonchev–Trinajstić information content (AvgIpc) is 3.00. The quantitative estimate of drug-likeness (QED) is 0.798. The molecule has 21 heavy (non-hydrogen) atoms. The molecule has 2 rings (SSSR count). The zero-order valence-electron chi connectivity index (χ0n) is 12.9. The van der Waals surface area contributed by atoms with Crippen molar-refractivity contribution >= 4 is 11.3 Å². The van der Waals surface area contributed by atoms with Crippen molar-refractivity contribution in [1.29, 1.82) is 0 Å². The molecule has 1 heterocycles. The van der Waals surface area contributed by atoms with Crippen LogP contribution in [0.1, 0.15) is 30.3 Å². The molecule has 1 aromatic carbocycles. The van der Waals surface area contributed by atoms with Crippen LogP contribution < -0.4 is 14.8 Å². The van der Waals surface area contributed by atoms with Gasteiger partial charge in [-0.2, -0.15) is 0 Å². The van der Waals surface area contributed by atoms with Crippen LogP contribution in [0.5, 0.6) is 11.5 Å². The fourth-order valence-electron chi connectivity index (χ4n) is 2.38. The van der Waals surface area contributed by atoms with Crippen LogP contribution in [0.3, 0.4) is 0 Å². The molecule has 3 nitrogen and oxygen atoms in total. The second-order valence-corrected chi connectivity index (χ2v) is 5.86. The number of ether oxygens (including phenoxy) is 2. The molecule has 1 atom stereocenters. The van der Waals surface area contributed by atoms with Gasteiger partial charge in [-0.1, -0.05) is 19.1 Å². The Kier molecular flexibility index (Phi) is 6.08. The Balaban J connectivity index is 2.09. The maximum atomic E-state index is 6.01. The Labute approximate surface area is 130 Å². The SMILES string of the molecule is CCNC(C)c1c(OC)cccc1OCCc1cccs1. The van der Waals surface area contributed by atoms with E-state index >= 15 is 0 Å². The minimum atomic E-state index is 0.197. The number of rotatable bonds is 8. The van der Waals surface area contributed by atoms with E-state index in [1.807, 2.05) is 18.2 Å². The lowest BCUT2D eigenvalue weighted by molar-refractivity contribution is 0.311. The third-order valence-corrected chi connectivity index (χ3v) is 4.31. The van der Waals surface area contributed by atoms with E-state index in [-0.39, 0.29) is 6.04 Å².